The summed E-state index contributed by atoms with van der Waals surface area (Å²) in [6.45, 7) is 0.666. The predicted octanol–water partition coefficient (Wildman–Crippen LogP) is -0.226. The summed E-state index contributed by atoms with van der Waals surface area (Å²) < 4.78 is 0. The molecule has 7 nitrogen and oxygen atoms in total. The van der Waals surface area contributed by atoms with Gasteiger partial charge in [0.25, 0.3) is 0 Å². The number of rotatable bonds is 5. The number of aliphatic carboxylic acids is 2. The maximum Gasteiger partial charge on any atom is 0.335 e. The molecule has 0 amide bonds. The van der Waals surface area contributed by atoms with Gasteiger partial charge in [-0.1, -0.05) is 30.2 Å². The predicted molar refractivity (Wildman–Crippen MR) is 81.6 cm³/mol. The molecule has 0 bridgehead atoms. The Morgan fingerprint density at radius 1 is 1.22 bits per heavy atom. The number of carboxylic acid groups (broad SMARTS) is 2. The summed E-state index contributed by atoms with van der Waals surface area (Å²) in [5, 5.41) is 35.9. The maximum absolute atomic E-state index is 9.77. The van der Waals surface area contributed by atoms with Gasteiger partial charge in [0.15, 0.2) is 12.2 Å². The first-order valence-corrected chi connectivity index (χ1v) is 6.94. The molecule has 2 unspecified atom stereocenters. The molecule has 0 saturated heterocycles. The first-order valence-electron chi connectivity index (χ1n) is 6.94. The molecule has 2 rings (SSSR count). The van der Waals surface area contributed by atoms with Crippen LogP contribution in [-0.2, 0) is 16.0 Å². The third-order valence-corrected chi connectivity index (χ3v) is 3.39. The number of carbonyl (C=O) groups is 2. The standard InChI is InChI=1S/C12H13N.C4H6O6/c1-2-9-13-12-8-7-10-5-3-4-6-11(10)12;5-1(3(7)8)2(6)4(9)10/h1,3-6,12-13H,7-9H2;1-2,5-6H,(H,7,8)(H,9,10)/t12-;/m0./s1. The SMILES string of the molecule is C#CCN[C@H]1CCc2ccccc21.O=C(O)C(O)C(O)C(=O)O. The average Bonchev–Trinajstić information content (AvgIpc) is 2.95. The molecular formula is C16H19NO6. The molecule has 0 spiro atoms. The van der Waals surface area contributed by atoms with Crippen LogP contribution in [0.5, 0.6) is 0 Å². The number of terminal acetylenes is 1. The lowest BCUT2D eigenvalue weighted by Gasteiger charge is -2.10. The van der Waals surface area contributed by atoms with Crippen LogP contribution in [0.2, 0.25) is 0 Å². The average molecular weight is 321 g/mol. The minimum absolute atomic E-state index is 0.479. The molecule has 23 heavy (non-hydrogen) atoms. The van der Waals surface area contributed by atoms with Crippen molar-refractivity contribution in [1.82, 2.24) is 5.32 Å². The van der Waals surface area contributed by atoms with Crippen LogP contribution in [0.1, 0.15) is 23.6 Å². The van der Waals surface area contributed by atoms with Gasteiger partial charge in [-0.2, -0.15) is 0 Å². The van der Waals surface area contributed by atoms with E-state index in [9.17, 15) is 9.59 Å². The van der Waals surface area contributed by atoms with E-state index in [2.05, 4.69) is 35.5 Å². The van der Waals surface area contributed by atoms with Crippen molar-refractivity contribution in [3.8, 4) is 12.3 Å². The molecule has 1 aliphatic rings. The van der Waals surface area contributed by atoms with Gasteiger partial charge in [0, 0.05) is 6.04 Å². The summed E-state index contributed by atoms with van der Waals surface area (Å²) in [7, 11) is 0. The highest BCUT2D eigenvalue weighted by Crippen LogP contribution is 2.30. The number of aliphatic hydroxyl groups is 2. The lowest BCUT2D eigenvalue weighted by atomic mass is 10.1. The highest BCUT2D eigenvalue weighted by molar-refractivity contribution is 5.83. The zero-order chi connectivity index (χ0) is 17.4. The Hall–Kier alpha value is -2.40. The Morgan fingerprint density at radius 3 is 2.30 bits per heavy atom. The Morgan fingerprint density at radius 2 is 1.78 bits per heavy atom. The minimum Gasteiger partial charge on any atom is -0.479 e. The molecule has 0 heterocycles. The lowest BCUT2D eigenvalue weighted by molar-refractivity contribution is -0.165. The first-order chi connectivity index (χ1) is 10.9. The number of aryl methyl sites for hydroxylation is 1. The lowest BCUT2D eigenvalue weighted by Crippen LogP contribution is -2.39. The Kier molecular flexibility index (Phi) is 7.22. The van der Waals surface area contributed by atoms with Crippen LogP contribution in [0.4, 0.5) is 0 Å². The Bertz CT molecular complexity index is 576. The van der Waals surface area contributed by atoms with Gasteiger partial charge in [-0.05, 0) is 24.0 Å². The number of fused-ring (bicyclic) bond motifs is 1. The fraction of sp³-hybridized carbons (Fsp3) is 0.375. The summed E-state index contributed by atoms with van der Waals surface area (Å²) in [5.74, 6) is -0.923. The topological polar surface area (TPSA) is 127 Å². The van der Waals surface area contributed by atoms with E-state index >= 15 is 0 Å². The van der Waals surface area contributed by atoms with Crippen molar-refractivity contribution in [3.05, 3.63) is 35.4 Å². The van der Waals surface area contributed by atoms with E-state index in [1.54, 1.807) is 0 Å². The van der Waals surface area contributed by atoms with Crippen molar-refractivity contribution >= 4 is 11.9 Å². The summed E-state index contributed by atoms with van der Waals surface area (Å²) in [6, 6.07) is 9.06. The number of benzene rings is 1. The summed E-state index contributed by atoms with van der Waals surface area (Å²) in [5.41, 5.74) is 2.90. The van der Waals surface area contributed by atoms with Gasteiger partial charge < -0.3 is 20.4 Å². The van der Waals surface area contributed by atoms with Crippen molar-refractivity contribution in [2.45, 2.75) is 31.1 Å². The molecule has 0 saturated carbocycles. The summed E-state index contributed by atoms with van der Waals surface area (Å²) in [4.78, 5) is 19.5. The number of hydrogen-bond donors (Lipinski definition) is 5. The molecule has 1 aromatic carbocycles. The van der Waals surface area contributed by atoms with E-state index in [-0.39, 0.29) is 0 Å². The van der Waals surface area contributed by atoms with Crippen molar-refractivity contribution in [2.75, 3.05) is 6.54 Å². The second kappa shape index (κ2) is 8.90. The summed E-state index contributed by atoms with van der Waals surface area (Å²) >= 11 is 0. The first kappa shape index (κ1) is 18.6. The van der Waals surface area contributed by atoms with Gasteiger partial charge in [-0.25, -0.2) is 9.59 Å². The maximum atomic E-state index is 9.77. The van der Waals surface area contributed by atoms with Crippen molar-refractivity contribution in [1.29, 1.82) is 0 Å². The van der Waals surface area contributed by atoms with E-state index in [0.717, 1.165) is 0 Å². The monoisotopic (exact) mass is 321 g/mol. The normalized spacial score (nSPS) is 17.9. The van der Waals surface area contributed by atoms with Crippen LogP contribution in [0.15, 0.2) is 24.3 Å². The quantitative estimate of drug-likeness (QED) is 0.474. The van der Waals surface area contributed by atoms with Crippen molar-refractivity contribution in [2.24, 2.45) is 0 Å². The molecule has 0 aliphatic heterocycles. The molecule has 1 aromatic rings. The second-order valence-electron chi connectivity index (χ2n) is 4.94. The molecule has 0 radical (unpaired) electrons. The number of aliphatic hydroxyl groups excluding tert-OH is 2. The number of hydrogen-bond acceptors (Lipinski definition) is 5. The molecule has 7 heteroatoms. The fourth-order valence-corrected chi connectivity index (χ4v) is 2.22. The molecule has 124 valence electrons. The fourth-order valence-electron chi connectivity index (χ4n) is 2.22. The van der Waals surface area contributed by atoms with Gasteiger partial charge in [0.05, 0.1) is 6.54 Å². The van der Waals surface area contributed by atoms with E-state index < -0.39 is 24.1 Å². The van der Waals surface area contributed by atoms with E-state index in [1.165, 1.54) is 24.0 Å². The molecule has 5 N–H and O–H groups in total. The van der Waals surface area contributed by atoms with Crippen LogP contribution in [0.3, 0.4) is 0 Å². The second-order valence-corrected chi connectivity index (χ2v) is 4.94. The van der Waals surface area contributed by atoms with Crippen LogP contribution in [0.25, 0.3) is 0 Å². The van der Waals surface area contributed by atoms with E-state index in [1.807, 2.05) is 0 Å². The third kappa shape index (κ3) is 5.38. The molecule has 1 aliphatic carbocycles. The minimum atomic E-state index is -2.27. The van der Waals surface area contributed by atoms with E-state index in [0.29, 0.717) is 12.6 Å². The van der Waals surface area contributed by atoms with Crippen molar-refractivity contribution < 1.29 is 30.0 Å². The third-order valence-electron chi connectivity index (χ3n) is 3.39. The Balaban J connectivity index is 0.000000241. The molecular weight excluding hydrogens is 302 g/mol. The van der Waals surface area contributed by atoms with Gasteiger partial charge in [0.1, 0.15) is 0 Å². The van der Waals surface area contributed by atoms with Gasteiger partial charge in [-0.15, -0.1) is 6.42 Å². The number of carboxylic acids is 2. The zero-order valence-corrected chi connectivity index (χ0v) is 12.3. The van der Waals surface area contributed by atoms with Crippen molar-refractivity contribution in [3.63, 3.8) is 0 Å². The smallest absolute Gasteiger partial charge is 0.335 e. The highest BCUT2D eigenvalue weighted by atomic mass is 16.4. The highest BCUT2D eigenvalue weighted by Gasteiger charge is 2.29. The molecule has 0 aromatic heterocycles. The number of nitrogens with one attached hydrogen (secondary N) is 1. The zero-order valence-electron chi connectivity index (χ0n) is 12.3. The van der Waals surface area contributed by atoms with Crippen LogP contribution in [0, 0.1) is 12.3 Å². The molecule has 0 fully saturated rings. The van der Waals surface area contributed by atoms with E-state index in [4.69, 9.17) is 26.8 Å². The Labute approximate surface area is 133 Å². The molecule has 3 atom stereocenters. The summed E-state index contributed by atoms with van der Waals surface area (Å²) in [6.07, 6.45) is 3.04. The van der Waals surface area contributed by atoms with Gasteiger partial charge in [-0.3, -0.25) is 5.32 Å². The largest absolute Gasteiger partial charge is 0.479 e. The van der Waals surface area contributed by atoms with Gasteiger partial charge >= 0.3 is 11.9 Å². The van der Waals surface area contributed by atoms with Gasteiger partial charge in [0.2, 0.25) is 0 Å². The van der Waals surface area contributed by atoms with Crippen LogP contribution < -0.4 is 5.32 Å². The van der Waals surface area contributed by atoms with Crippen LogP contribution >= 0.6 is 0 Å². The van der Waals surface area contributed by atoms with Crippen LogP contribution in [-0.4, -0.2) is 51.1 Å².